The smallest absolute Gasteiger partial charge is 0.314 e. The summed E-state index contributed by atoms with van der Waals surface area (Å²) in [5.41, 5.74) is 8.61. The lowest BCUT2D eigenvalue weighted by Crippen LogP contribution is -2.29. The second-order valence-corrected chi connectivity index (χ2v) is 7.95. The van der Waals surface area contributed by atoms with Crippen LogP contribution in [0, 0.1) is 26.7 Å². The minimum absolute atomic E-state index is 0.216. The highest BCUT2D eigenvalue weighted by molar-refractivity contribution is 6.13. The number of rotatable bonds is 4. The number of hydrogen-bond acceptors (Lipinski definition) is 7. The van der Waals surface area contributed by atoms with Crippen molar-refractivity contribution >= 4 is 29.7 Å². The maximum absolute atomic E-state index is 12.9. The van der Waals surface area contributed by atoms with Gasteiger partial charge in [0.1, 0.15) is 12.0 Å². The second-order valence-electron chi connectivity index (χ2n) is 7.95. The lowest BCUT2D eigenvalue weighted by molar-refractivity contribution is -0.144. The first-order valence-electron chi connectivity index (χ1n) is 10.3. The fourth-order valence-electron chi connectivity index (χ4n) is 3.91. The number of esters is 1. The summed E-state index contributed by atoms with van der Waals surface area (Å²) < 4.78 is 6.69. The zero-order valence-electron chi connectivity index (χ0n) is 18.8. The molecule has 0 saturated heterocycles. The molecule has 1 amide bonds. The van der Waals surface area contributed by atoms with Gasteiger partial charge in [0.05, 0.1) is 19.6 Å². The van der Waals surface area contributed by atoms with Crippen LogP contribution in [0.2, 0.25) is 0 Å². The summed E-state index contributed by atoms with van der Waals surface area (Å²) in [6, 6.07) is 9.36. The third-order valence-electron chi connectivity index (χ3n) is 5.84. The van der Waals surface area contributed by atoms with Gasteiger partial charge in [0.2, 0.25) is 0 Å². The number of amides is 1. The van der Waals surface area contributed by atoms with Gasteiger partial charge < -0.3 is 10.1 Å². The second kappa shape index (κ2) is 8.33. The Morgan fingerprint density at radius 2 is 1.81 bits per heavy atom. The molecule has 9 nitrogen and oxygen atoms in total. The van der Waals surface area contributed by atoms with Crippen molar-refractivity contribution in [2.75, 3.05) is 24.4 Å². The number of nitrogens with zero attached hydrogens (tertiary/aromatic N) is 4. The average Bonchev–Trinajstić information content (AvgIpc) is 3.29. The normalized spacial score (nSPS) is 17.2. The van der Waals surface area contributed by atoms with Crippen LogP contribution in [-0.2, 0) is 9.53 Å². The highest BCUT2D eigenvalue weighted by Crippen LogP contribution is 2.32. The summed E-state index contributed by atoms with van der Waals surface area (Å²) in [7, 11) is 1.38. The van der Waals surface area contributed by atoms with Crippen molar-refractivity contribution in [1.82, 2.24) is 9.69 Å². The number of hydrazone groups is 1. The molecule has 0 fully saturated rings. The van der Waals surface area contributed by atoms with Crippen molar-refractivity contribution in [2.24, 2.45) is 16.0 Å². The van der Waals surface area contributed by atoms with Crippen LogP contribution in [0.15, 0.2) is 51.7 Å². The minimum atomic E-state index is -0.400. The molecule has 1 aromatic carbocycles. The number of fused-ring (bicyclic) bond motifs is 1. The number of anilines is 1. The Hall–Kier alpha value is -3.88. The van der Waals surface area contributed by atoms with E-state index in [1.807, 2.05) is 45.9 Å². The van der Waals surface area contributed by atoms with E-state index in [1.165, 1.54) is 13.4 Å². The van der Waals surface area contributed by atoms with Gasteiger partial charge in [-0.3, -0.25) is 24.7 Å². The Morgan fingerprint density at radius 1 is 1.09 bits per heavy atom. The molecule has 4 rings (SSSR count). The summed E-state index contributed by atoms with van der Waals surface area (Å²) >= 11 is 0. The topological polar surface area (TPSA) is 100 Å². The number of hydrogen-bond donors (Lipinski definition) is 2. The van der Waals surface area contributed by atoms with Crippen LogP contribution in [0.1, 0.15) is 34.2 Å². The first-order valence-corrected chi connectivity index (χ1v) is 10.3. The zero-order chi connectivity index (χ0) is 23.0. The van der Waals surface area contributed by atoms with Crippen molar-refractivity contribution in [2.45, 2.75) is 27.7 Å². The molecule has 2 N–H and O–H groups in total. The fourth-order valence-corrected chi connectivity index (χ4v) is 3.91. The molecule has 9 heteroatoms. The van der Waals surface area contributed by atoms with Crippen LogP contribution in [0.4, 0.5) is 5.69 Å². The van der Waals surface area contributed by atoms with Gasteiger partial charge in [0.25, 0.3) is 5.91 Å². The molecule has 0 saturated carbocycles. The largest absolute Gasteiger partial charge is 0.469 e. The SMILES string of the molecule is COC(=O)C1CN2N=CN=C(Nc3cc(C(=O)Nn4c(C)ccc4C)ccc3C)C2=C1C. The van der Waals surface area contributed by atoms with Gasteiger partial charge in [-0.2, -0.15) is 5.10 Å². The van der Waals surface area contributed by atoms with Crippen molar-refractivity contribution in [1.29, 1.82) is 0 Å². The van der Waals surface area contributed by atoms with E-state index >= 15 is 0 Å². The van der Waals surface area contributed by atoms with E-state index in [2.05, 4.69) is 20.8 Å². The summed E-state index contributed by atoms with van der Waals surface area (Å²) in [6.07, 6.45) is 1.45. The maximum atomic E-state index is 12.9. The van der Waals surface area contributed by atoms with Gasteiger partial charge in [0, 0.05) is 22.6 Å². The number of aromatic nitrogens is 1. The lowest BCUT2D eigenvalue weighted by Gasteiger charge is -2.22. The predicted octanol–water partition coefficient (Wildman–Crippen LogP) is 2.94. The first-order chi connectivity index (χ1) is 15.3. The van der Waals surface area contributed by atoms with Crippen LogP contribution in [0.5, 0.6) is 0 Å². The van der Waals surface area contributed by atoms with Gasteiger partial charge in [-0.15, -0.1) is 0 Å². The van der Waals surface area contributed by atoms with E-state index in [4.69, 9.17) is 4.74 Å². The monoisotopic (exact) mass is 434 g/mol. The Labute approximate surface area is 186 Å². The number of aryl methyl sites for hydroxylation is 3. The maximum Gasteiger partial charge on any atom is 0.314 e. The van der Waals surface area contributed by atoms with Crippen molar-refractivity contribution < 1.29 is 14.3 Å². The Morgan fingerprint density at radius 3 is 2.50 bits per heavy atom. The van der Waals surface area contributed by atoms with Crippen LogP contribution in [-0.4, -0.2) is 47.4 Å². The van der Waals surface area contributed by atoms with E-state index < -0.39 is 5.92 Å². The Kier molecular flexibility index (Phi) is 5.56. The van der Waals surface area contributed by atoms with Gasteiger partial charge in [-0.05, 0) is 63.1 Å². The van der Waals surface area contributed by atoms with Crippen LogP contribution in [0.25, 0.3) is 0 Å². The minimum Gasteiger partial charge on any atom is -0.469 e. The Balaban J connectivity index is 1.60. The summed E-state index contributed by atoms with van der Waals surface area (Å²) in [5, 5.41) is 9.35. The number of methoxy groups -OCH3 is 1. The number of ether oxygens (including phenoxy) is 1. The molecule has 0 spiro atoms. The van der Waals surface area contributed by atoms with E-state index in [0.29, 0.717) is 17.9 Å². The molecule has 1 aromatic heterocycles. The molecule has 0 bridgehead atoms. The number of amidine groups is 1. The number of carbonyl (C=O) groups excluding carboxylic acids is 2. The van der Waals surface area contributed by atoms with Crippen LogP contribution < -0.4 is 10.7 Å². The molecule has 2 aromatic rings. The van der Waals surface area contributed by atoms with Gasteiger partial charge in [-0.25, -0.2) is 4.99 Å². The van der Waals surface area contributed by atoms with Gasteiger partial charge >= 0.3 is 5.97 Å². The Bertz CT molecular complexity index is 1170. The standard InChI is InChI=1S/C23H26N6O3/c1-13-6-9-17(22(30)27-29-14(2)7-8-15(29)3)10-19(13)26-21-20-16(4)18(23(31)32-5)11-28(20)25-12-24-21/h6-10,12,18H,11H2,1-5H3,(H,27,30)(H,24,25,26). The molecule has 1 atom stereocenters. The molecular formula is C23H26N6O3. The van der Waals surface area contributed by atoms with Crippen molar-refractivity contribution in [3.8, 4) is 0 Å². The molecule has 2 aliphatic rings. The van der Waals surface area contributed by atoms with Gasteiger partial charge in [0.15, 0.2) is 5.84 Å². The van der Waals surface area contributed by atoms with E-state index in [0.717, 1.165) is 33.9 Å². The molecular weight excluding hydrogens is 408 g/mol. The average molecular weight is 435 g/mol. The quantitative estimate of drug-likeness (QED) is 0.721. The number of benzene rings is 1. The van der Waals surface area contributed by atoms with E-state index in [-0.39, 0.29) is 11.9 Å². The lowest BCUT2D eigenvalue weighted by atomic mass is 10.0. The zero-order valence-corrected chi connectivity index (χ0v) is 18.8. The number of aliphatic imine (C=N–C) groups is 1. The summed E-state index contributed by atoms with van der Waals surface area (Å²) in [5.74, 6) is -0.346. The predicted molar refractivity (Wildman–Crippen MR) is 123 cm³/mol. The molecule has 166 valence electrons. The van der Waals surface area contributed by atoms with Crippen LogP contribution >= 0.6 is 0 Å². The van der Waals surface area contributed by atoms with E-state index in [1.54, 1.807) is 21.8 Å². The van der Waals surface area contributed by atoms with Crippen LogP contribution in [0.3, 0.4) is 0 Å². The molecule has 0 radical (unpaired) electrons. The first kappa shape index (κ1) is 21.4. The molecule has 2 aliphatic heterocycles. The fraction of sp³-hybridized carbons (Fsp3) is 0.304. The molecule has 0 aliphatic carbocycles. The molecule has 3 heterocycles. The summed E-state index contributed by atoms with van der Waals surface area (Å²) in [4.78, 5) is 29.4. The number of nitrogens with one attached hydrogen (secondary N) is 2. The van der Waals surface area contributed by atoms with Crippen molar-refractivity contribution in [3.05, 3.63) is 64.1 Å². The van der Waals surface area contributed by atoms with Gasteiger partial charge in [-0.1, -0.05) is 6.07 Å². The summed E-state index contributed by atoms with van der Waals surface area (Å²) in [6.45, 7) is 8.11. The molecule has 32 heavy (non-hydrogen) atoms. The highest BCUT2D eigenvalue weighted by atomic mass is 16.5. The molecule has 1 unspecified atom stereocenters. The third-order valence-corrected chi connectivity index (χ3v) is 5.84. The number of carbonyl (C=O) groups is 2. The van der Waals surface area contributed by atoms with E-state index in [9.17, 15) is 9.59 Å². The van der Waals surface area contributed by atoms with Crippen molar-refractivity contribution in [3.63, 3.8) is 0 Å². The highest BCUT2D eigenvalue weighted by Gasteiger charge is 2.37. The third kappa shape index (κ3) is 3.77.